The average molecular weight is 270 g/mol. The summed E-state index contributed by atoms with van der Waals surface area (Å²) in [5.74, 6) is 0.432. The van der Waals surface area contributed by atoms with Crippen LogP contribution in [0.3, 0.4) is 0 Å². The number of hydrogen-bond donors (Lipinski definition) is 1. The van der Waals surface area contributed by atoms with E-state index in [4.69, 9.17) is 5.11 Å². The van der Waals surface area contributed by atoms with E-state index in [1.54, 1.807) is 0 Å². The van der Waals surface area contributed by atoms with Crippen molar-refractivity contribution >= 4 is 17.7 Å². The maximum atomic E-state index is 10.6. The fourth-order valence-corrected chi connectivity index (χ4v) is 3.28. The van der Waals surface area contributed by atoms with Gasteiger partial charge in [0.05, 0.1) is 11.8 Å². The lowest BCUT2D eigenvalue weighted by atomic mass is 9.80. The van der Waals surface area contributed by atoms with Crippen LogP contribution in [0.1, 0.15) is 39.2 Å². The molecule has 18 heavy (non-hydrogen) atoms. The number of nitrogens with zero attached hydrogens (tertiary/aromatic N) is 4. The summed E-state index contributed by atoms with van der Waals surface area (Å²) in [7, 11) is 0. The van der Waals surface area contributed by atoms with E-state index in [2.05, 4.69) is 29.4 Å². The number of aliphatic carboxylic acids is 1. The quantitative estimate of drug-likeness (QED) is 0.841. The predicted octanol–water partition coefficient (Wildman–Crippen LogP) is 1.85. The minimum Gasteiger partial charge on any atom is -0.481 e. The molecule has 0 spiro atoms. The summed E-state index contributed by atoms with van der Waals surface area (Å²) < 4.78 is 1.81. The highest BCUT2D eigenvalue weighted by Crippen LogP contribution is 2.37. The molecule has 1 N–H and O–H groups in total. The van der Waals surface area contributed by atoms with Gasteiger partial charge in [-0.25, -0.2) is 4.68 Å². The van der Waals surface area contributed by atoms with Gasteiger partial charge in [-0.3, -0.25) is 4.79 Å². The molecule has 1 fully saturated rings. The van der Waals surface area contributed by atoms with Crippen molar-refractivity contribution in [2.24, 2.45) is 11.8 Å². The molecule has 1 saturated carbocycles. The fourth-order valence-electron chi connectivity index (χ4n) is 2.63. The predicted molar refractivity (Wildman–Crippen MR) is 67.4 cm³/mol. The average Bonchev–Trinajstić information content (AvgIpc) is 2.74. The van der Waals surface area contributed by atoms with Crippen molar-refractivity contribution in [2.45, 2.75) is 44.3 Å². The number of carboxylic acid groups (broad SMARTS) is 1. The molecule has 1 heterocycles. The molecular formula is C11H18N4O2S. The zero-order chi connectivity index (χ0) is 13.1. The molecule has 7 heteroatoms. The highest BCUT2D eigenvalue weighted by Gasteiger charge is 2.29. The molecule has 1 aliphatic rings. The van der Waals surface area contributed by atoms with E-state index < -0.39 is 5.97 Å². The molecule has 6 nitrogen and oxygen atoms in total. The Morgan fingerprint density at radius 2 is 2.28 bits per heavy atom. The highest BCUT2D eigenvalue weighted by molar-refractivity contribution is 7.99. The second-order valence-electron chi connectivity index (χ2n) is 5.05. The Bertz CT molecular complexity index is 423. The lowest BCUT2D eigenvalue weighted by molar-refractivity contribution is -0.133. The van der Waals surface area contributed by atoms with Crippen LogP contribution >= 0.6 is 11.8 Å². The van der Waals surface area contributed by atoms with Gasteiger partial charge >= 0.3 is 5.97 Å². The molecule has 0 saturated heterocycles. The summed E-state index contributed by atoms with van der Waals surface area (Å²) in [4.78, 5) is 10.6. The molecule has 1 aliphatic carbocycles. The first-order valence-corrected chi connectivity index (χ1v) is 7.19. The molecule has 0 bridgehead atoms. The molecule has 3 atom stereocenters. The number of carboxylic acids is 1. The largest absolute Gasteiger partial charge is 0.481 e. The first-order chi connectivity index (χ1) is 8.58. The third kappa shape index (κ3) is 3.01. The van der Waals surface area contributed by atoms with Crippen LogP contribution in [-0.2, 0) is 4.79 Å². The van der Waals surface area contributed by atoms with E-state index in [-0.39, 0.29) is 5.75 Å². The van der Waals surface area contributed by atoms with Crippen LogP contribution in [0.2, 0.25) is 0 Å². The second kappa shape index (κ2) is 5.69. The lowest BCUT2D eigenvalue weighted by Crippen LogP contribution is -2.26. The van der Waals surface area contributed by atoms with Crippen molar-refractivity contribution in [3.8, 4) is 0 Å². The van der Waals surface area contributed by atoms with Crippen molar-refractivity contribution in [3.05, 3.63) is 0 Å². The smallest absolute Gasteiger partial charge is 0.313 e. The molecule has 1 aromatic rings. The van der Waals surface area contributed by atoms with Gasteiger partial charge in [-0.1, -0.05) is 25.6 Å². The van der Waals surface area contributed by atoms with Crippen molar-refractivity contribution in [2.75, 3.05) is 5.75 Å². The fraction of sp³-hybridized carbons (Fsp3) is 0.818. The van der Waals surface area contributed by atoms with E-state index in [0.29, 0.717) is 17.1 Å². The monoisotopic (exact) mass is 270 g/mol. The maximum absolute atomic E-state index is 10.6. The van der Waals surface area contributed by atoms with E-state index in [1.165, 1.54) is 24.6 Å². The van der Waals surface area contributed by atoms with Gasteiger partial charge in [0.25, 0.3) is 0 Å². The molecule has 0 aromatic carbocycles. The van der Waals surface area contributed by atoms with Crippen molar-refractivity contribution in [1.82, 2.24) is 20.2 Å². The summed E-state index contributed by atoms with van der Waals surface area (Å²) in [5, 5.41) is 20.9. The molecule has 100 valence electrons. The van der Waals surface area contributed by atoms with Crippen molar-refractivity contribution in [3.63, 3.8) is 0 Å². The zero-order valence-electron chi connectivity index (χ0n) is 10.6. The summed E-state index contributed by atoms with van der Waals surface area (Å²) in [6, 6.07) is 0.299. The first-order valence-electron chi connectivity index (χ1n) is 6.20. The van der Waals surface area contributed by atoms with Crippen LogP contribution in [-0.4, -0.2) is 37.0 Å². The van der Waals surface area contributed by atoms with Crippen molar-refractivity contribution in [1.29, 1.82) is 0 Å². The van der Waals surface area contributed by atoms with Gasteiger partial charge in [-0.2, -0.15) is 0 Å². The Morgan fingerprint density at radius 3 is 2.94 bits per heavy atom. The Balaban J connectivity index is 2.08. The normalized spacial score (nSPS) is 28.2. The topological polar surface area (TPSA) is 80.9 Å². The van der Waals surface area contributed by atoms with Crippen LogP contribution < -0.4 is 0 Å². The molecular weight excluding hydrogens is 252 g/mol. The SMILES string of the molecule is CC1CCC(n2nnnc2SCC(=O)O)C(C)C1. The molecule has 0 amide bonds. The van der Waals surface area contributed by atoms with Gasteiger partial charge < -0.3 is 5.11 Å². The summed E-state index contributed by atoms with van der Waals surface area (Å²) in [6.07, 6.45) is 3.42. The van der Waals surface area contributed by atoms with Crippen LogP contribution in [0.15, 0.2) is 5.16 Å². The summed E-state index contributed by atoms with van der Waals surface area (Å²) in [6.45, 7) is 4.49. The van der Waals surface area contributed by atoms with Gasteiger partial charge in [0.15, 0.2) is 0 Å². The standard InChI is InChI=1S/C11H18N4O2S/c1-7-3-4-9(8(2)5-7)15-11(12-13-14-15)18-6-10(16)17/h7-9H,3-6H2,1-2H3,(H,16,17). The second-order valence-corrected chi connectivity index (χ2v) is 5.99. The van der Waals surface area contributed by atoms with Crippen LogP contribution in [0.5, 0.6) is 0 Å². The molecule has 3 unspecified atom stereocenters. The van der Waals surface area contributed by atoms with E-state index in [0.717, 1.165) is 12.3 Å². The number of thioether (sulfide) groups is 1. The van der Waals surface area contributed by atoms with E-state index >= 15 is 0 Å². The van der Waals surface area contributed by atoms with Crippen LogP contribution in [0.25, 0.3) is 0 Å². The highest BCUT2D eigenvalue weighted by atomic mass is 32.2. The number of hydrogen-bond acceptors (Lipinski definition) is 5. The Hall–Kier alpha value is -1.11. The molecule has 1 aromatic heterocycles. The van der Waals surface area contributed by atoms with Crippen molar-refractivity contribution < 1.29 is 9.90 Å². The van der Waals surface area contributed by atoms with Gasteiger partial charge in [-0.05, 0) is 41.5 Å². The number of tetrazole rings is 1. The minimum absolute atomic E-state index is 0.00211. The van der Waals surface area contributed by atoms with Gasteiger partial charge in [0.1, 0.15) is 0 Å². The Kier molecular flexibility index (Phi) is 4.21. The summed E-state index contributed by atoms with van der Waals surface area (Å²) >= 11 is 1.19. The van der Waals surface area contributed by atoms with E-state index in [1.807, 2.05) is 4.68 Å². The maximum Gasteiger partial charge on any atom is 0.313 e. The number of rotatable bonds is 4. The van der Waals surface area contributed by atoms with E-state index in [9.17, 15) is 4.79 Å². The number of aromatic nitrogens is 4. The summed E-state index contributed by atoms with van der Waals surface area (Å²) in [5.41, 5.74) is 0. The lowest BCUT2D eigenvalue weighted by Gasteiger charge is -2.32. The number of carbonyl (C=O) groups is 1. The minimum atomic E-state index is -0.847. The van der Waals surface area contributed by atoms with Crippen LogP contribution in [0, 0.1) is 11.8 Å². The van der Waals surface area contributed by atoms with Gasteiger partial charge in [0.2, 0.25) is 5.16 Å². The molecule has 2 rings (SSSR count). The third-order valence-electron chi connectivity index (χ3n) is 3.49. The Labute approximate surface area is 110 Å². The van der Waals surface area contributed by atoms with Gasteiger partial charge in [-0.15, -0.1) is 5.10 Å². The first kappa shape index (κ1) is 13.3. The molecule has 0 aliphatic heterocycles. The third-order valence-corrected chi connectivity index (χ3v) is 4.41. The Morgan fingerprint density at radius 1 is 1.50 bits per heavy atom. The van der Waals surface area contributed by atoms with Gasteiger partial charge in [0, 0.05) is 0 Å². The molecule has 0 radical (unpaired) electrons. The zero-order valence-corrected chi connectivity index (χ0v) is 11.4. The van der Waals surface area contributed by atoms with Crippen LogP contribution in [0.4, 0.5) is 0 Å².